The van der Waals surface area contributed by atoms with E-state index >= 15 is 0 Å². The van der Waals surface area contributed by atoms with E-state index in [0.717, 1.165) is 12.8 Å². The molecule has 0 radical (unpaired) electrons. The molecule has 20 heavy (non-hydrogen) atoms. The van der Waals surface area contributed by atoms with E-state index in [9.17, 15) is 5.11 Å². The zero-order valence-corrected chi connectivity index (χ0v) is 14.0. The highest BCUT2D eigenvalue weighted by Gasteiger charge is 2.40. The number of hydrogen-bond donors (Lipinski definition) is 2. The van der Waals surface area contributed by atoms with E-state index in [0.29, 0.717) is 11.3 Å². The van der Waals surface area contributed by atoms with Crippen molar-refractivity contribution >= 4 is 27.7 Å². The molecule has 0 saturated heterocycles. The molecule has 2 aliphatic carbocycles. The van der Waals surface area contributed by atoms with Gasteiger partial charge >= 0.3 is 0 Å². The number of thioether (sulfide) groups is 1. The Labute approximate surface area is 133 Å². The molecule has 4 heteroatoms. The maximum Gasteiger partial charge on any atom is 0.0613 e. The van der Waals surface area contributed by atoms with E-state index in [4.69, 9.17) is 0 Å². The average Bonchev–Trinajstić information content (AvgIpc) is 3.26. The number of aliphatic hydroxyl groups excluding tert-OH is 1. The fourth-order valence-electron chi connectivity index (χ4n) is 3.11. The van der Waals surface area contributed by atoms with Crippen LogP contribution in [0.15, 0.2) is 33.6 Å². The summed E-state index contributed by atoms with van der Waals surface area (Å²) in [6.45, 7) is 0.274. The summed E-state index contributed by atoms with van der Waals surface area (Å²) in [5.74, 6) is 0. The molecule has 2 fully saturated rings. The van der Waals surface area contributed by atoms with Crippen molar-refractivity contribution in [2.24, 2.45) is 0 Å². The molecule has 0 amide bonds. The van der Waals surface area contributed by atoms with Gasteiger partial charge in [0.2, 0.25) is 0 Å². The molecule has 2 nitrogen and oxygen atoms in total. The van der Waals surface area contributed by atoms with Gasteiger partial charge in [-0.3, -0.25) is 0 Å². The molecule has 0 aromatic heterocycles. The van der Waals surface area contributed by atoms with Gasteiger partial charge in [-0.2, -0.15) is 0 Å². The number of aliphatic hydroxyl groups is 1. The van der Waals surface area contributed by atoms with Crippen LogP contribution in [0.1, 0.15) is 38.5 Å². The van der Waals surface area contributed by atoms with Crippen molar-refractivity contribution in [1.29, 1.82) is 0 Å². The van der Waals surface area contributed by atoms with Crippen molar-refractivity contribution in [2.75, 3.05) is 6.61 Å². The normalized spacial score (nSPS) is 30.4. The first kappa shape index (κ1) is 14.9. The lowest BCUT2D eigenvalue weighted by molar-refractivity contribution is 0.122. The Morgan fingerprint density at radius 1 is 1.30 bits per heavy atom. The topological polar surface area (TPSA) is 32.3 Å². The van der Waals surface area contributed by atoms with Crippen LogP contribution in [0, 0.1) is 0 Å². The van der Waals surface area contributed by atoms with E-state index in [1.165, 1.54) is 35.1 Å². The molecular weight excluding hydrogens is 334 g/mol. The lowest BCUT2D eigenvalue weighted by Crippen LogP contribution is -2.53. The number of halogens is 1. The Bertz CT molecular complexity index is 466. The Morgan fingerprint density at radius 2 is 2.10 bits per heavy atom. The minimum Gasteiger partial charge on any atom is -0.394 e. The van der Waals surface area contributed by atoms with Crippen LogP contribution < -0.4 is 5.32 Å². The predicted octanol–water partition coefficient (Wildman–Crippen LogP) is 3.97. The third-order valence-corrected chi connectivity index (χ3v) is 6.62. The summed E-state index contributed by atoms with van der Waals surface area (Å²) in [4.78, 5) is 1.32. The van der Waals surface area contributed by atoms with Crippen LogP contribution in [0.3, 0.4) is 0 Å². The average molecular weight is 356 g/mol. The largest absolute Gasteiger partial charge is 0.394 e. The second-order valence-electron chi connectivity index (χ2n) is 6.12. The van der Waals surface area contributed by atoms with E-state index in [-0.39, 0.29) is 12.1 Å². The molecule has 0 bridgehead atoms. The number of rotatable bonds is 5. The van der Waals surface area contributed by atoms with Crippen LogP contribution in [0.5, 0.6) is 0 Å². The molecule has 2 unspecified atom stereocenters. The van der Waals surface area contributed by atoms with E-state index < -0.39 is 0 Å². The van der Waals surface area contributed by atoms with Crippen molar-refractivity contribution < 1.29 is 5.11 Å². The Morgan fingerprint density at radius 3 is 2.80 bits per heavy atom. The van der Waals surface area contributed by atoms with Gasteiger partial charge in [-0.1, -0.05) is 18.6 Å². The van der Waals surface area contributed by atoms with E-state index in [1.807, 2.05) is 11.8 Å². The molecule has 2 aliphatic rings. The summed E-state index contributed by atoms with van der Waals surface area (Å²) in [5.41, 5.74) is -0.0294. The zero-order valence-electron chi connectivity index (χ0n) is 11.6. The first-order valence-corrected chi connectivity index (χ1v) is 9.18. The van der Waals surface area contributed by atoms with Crippen LogP contribution in [0.4, 0.5) is 0 Å². The quantitative estimate of drug-likeness (QED) is 0.837. The first-order chi connectivity index (χ1) is 9.71. The smallest absolute Gasteiger partial charge is 0.0613 e. The standard InChI is InChI=1S/C16H22BrNOS/c17-14-5-1-2-6-15(14)20-13-4-3-9-16(10-13,11-19)18-12-7-8-12/h1-2,5-6,12-13,18-19H,3-4,7-11H2. The summed E-state index contributed by atoms with van der Waals surface area (Å²) in [6, 6.07) is 9.10. The van der Waals surface area contributed by atoms with Gasteiger partial charge in [0, 0.05) is 26.2 Å². The van der Waals surface area contributed by atoms with Crippen molar-refractivity contribution in [3.8, 4) is 0 Å². The maximum atomic E-state index is 9.88. The summed E-state index contributed by atoms with van der Waals surface area (Å²) in [6.07, 6.45) is 7.22. The molecular formula is C16H22BrNOS. The summed E-state index contributed by atoms with van der Waals surface area (Å²) < 4.78 is 1.18. The molecule has 2 N–H and O–H groups in total. The van der Waals surface area contributed by atoms with Gasteiger partial charge in [-0.05, 0) is 60.2 Å². The van der Waals surface area contributed by atoms with Gasteiger partial charge in [0.05, 0.1) is 6.61 Å². The number of hydrogen-bond acceptors (Lipinski definition) is 3. The van der Waals surface area contributed by atoms with Gasteiger partial charge in [0.15, 0.2) is 0 Å². The van der Waals surface area contributed by atoms with Gasteiger partial charge in [0.1, 0.15) is 0 Å². The summed E-state index contributed by atoms with van der Waals surface area (Å²) in [5, 5.41) is 14.2. The minimum atomic E-state index is -0.0294. The molecule has 1 aromatic carbocycles. The highest BCUT2D eigenvalue weighted by atomic mass is 79.9. The molecule has 0 heterocycles. The third kappa shape index (κ3) is 3.59. The van der Waals surface area contributed by atoms with Gasteiger partial charge < -0.3 is 10.4 Å². The molecule has 0 spiro atoms. The van der Waals surface area contributed by atoms with Crippen molar-refractivity contribution in [3.63, 3.8) is 0 Å². The molecule has 1 aromatic rings. The molecule has 2 saturated carbocycles. The maximum absolute atomic E-state index is 9.88. The number of benzene rings is 1. The van der Waals surface area contributed by atoms with Crippen LogP contribution in [-0.4, -0.2) is 28.5 Å². The second-order valence-corrected chi connectivity index (χ2v) is 8.32. The Balaban J connectivity index is 1.66. The molecule has 3 rings (SSSR count). The third-order valence-electron chi connectivity index (χ3n) is 4.32. The second kappa shape index (κ2) is 6.39. The first-order valence-electron chi connectivity index (χ1n) is 7.50. The van der Waals surface area contributed by atoms with Gasteiger partial charge in [-0.25, -0.2) is 0 Å². The molecule has 2 atom stereocenters. The monoisotopic (exact) mass is 355 g/mol. The van der Waals surface area contributed by atoms with Crippen LogP contribution >= 0.6 is 27.7 Å². The lowest BCUT2D eigenvalue weighted by atomic mass is 9.82. The van der Waals surface area contributed by atoms with Crippen molar-refractivity contribution in [3.05, 3.63) is 28.7 Å². The van der Waals surface area contributed by atoms with Gasteiger partial charge in [-0.15, -0.1) is 11.8 Å². The fraction of sp³-hybridized carbons (Fsp3) is 0.625. The summed E-state index contributed by atoms with van der Waals surface area (Å²) in [7, 11) is 0. The summed E-state index contributed by atoms with van der Waals surface area (Å²) >= 11 is 5.59. The fourth-order valence-corrected chi connectivity index (χ4v) is 5.06. The SMILES string of the molecule is OCC1(NC2CC2)CCCC(Sc2ccccc2Br)C1. The van der Waals surface area contributed by atoms with E-state index in [1.54, 1.807) is 0 Å². The number of nitrogens with one attached hydrogen (secondary N) is 1. The highest BCUT2D eigenvalue weighted by Crippen LogP contribution is 2.41. The van der Waals surface area contributed by atoms with Crippen molar-refractivity contribution in [1.82, 2.24) is 5.32 Å². The molecule has 0 aliphatic heterocycles. The van der Waals surface area contributed by atoms with E-state index in [2.05, 4.69) is 45.5 Å². The highest BCUT2D eigenvalue weighted by molar-refractivity contribution is 9.10. The van der Waals surface area contributed by atoms with Crippen LogP contribution in [0.25, 0.3) is 0 Å². The van der Waals surface area contributed by atoms with Crippen LogP contribution in [-0.2, 0) is 0 Å². The predicted molar refractivity (Wildman–Crippen MR) is 88.2 cm³/mol. The Kier molecular flexibility index (Phi) is 4.75. The Hall–Kier alpha value is -0.0300. The zero-order chi connectivity index (χ0) is 14.0. The molecule has 110 valence electrons. The lowest BCUT2D eigenvalue weighted by Gasteiger charge is -2.40. The van der Waals surface area contributed by atoms with Crippen LogP contribution in [0.2, 0.25) is 0 Å². The van der Waals surface area contributed by atoms with Crippen molar-refractivity contribution in [2.45, 2.75) is 60.3 Å². The van der Waals surface area contributed by atoms with Gasteiger partial charge in [0.25, 0.3) is 0 Å². The minimum absolute atomic E-state index is 0.0294.